The lowest BCUT2D eigenvalue weighted by Crippen LogP contribution is -2.02. The topological polar surface area (TPSA) is 43.8 Å². The Kier molecular flexibility index (Phi) is 2.82. The van der Waals surface area contributed by atoms with Crippen LogP contribution in [0.25, 0.3) is 5.69 Å². The van der Waals surface area contributed by atoms with Gasteiger partial charge in [0, 0.05) is 5.56 Å². The van der Waals surface area contributed by atoms with Gasteiger partial charge in [-0.3, -0.25) is 0 Å². The second kappa shape index (κ2) is 4.48. The van der Waals surface area contributed by atoms with Gasteiger partial charge in [0.15, 0.2) is 0 Å². The number of nitrogens with two attached hydrogens (primary N) is 1. The molecule has 3 heteroatoms. The molecule has 3 nitrogen and oxygen atoms in total. The zero-order chi connectivity index (χ0) is 12.5. The molecule has 1 aliphatic rings. The van der Waals surface area contributed by atoms with Gasteiger partial charge in [-0.05, 0) is 43.7 Å². The predicted molar refractivity (Wildman–Crippen MR) is 73.8 cm³/mol. The number of anilines is 1. The van der Waals surface area contributed by atoms with Crippen LogP contribution >= 0.6 is 0 Å². The second-order valence-corrected chi connectivity index (χ2v) is 5.06. The van der Waals surface area contributed by atoms with Crippen molar-refractivity contribution < 1.29 is 0 Å². The van der Waals surface area contributed by atoms with Crippen molar-refractivity contribution in [2.24, 2.45) is 5.92 Å². The molecule has 0 unspecified atom stereocenters. The number of rotatable bonds is 4. The summed E-state index contributed by atoms with van der Waals surface area (Å²) in [6.07, 6.45) is 4.75. The first-order valence-electron chi connectivity index (χ1n) is 6.71. The van der Waals surface area contributed by atoms with Gasteiger partial charge in [0.25, 0.3) is 0 Å². The number of aromatic nitrogens is 2. The summed E-state index contributed by atoms with van der Waals surface area (Å²) in [6, 6.07) is 10.1. The summed E-state index contributed by atoms with van der Waals surface area (Å²) in [5.41, 5.74) is 9.71. The fourth-order valence-corrected chi connectivity index (χ4v) is 2.42. The van der Waals surface area contributed by atoms with Crippen molar-refractivity contribution in [3.05, 3.63) is 41.6 Å². The van der Waals surface area contributed by atoms with Gasteiger partial charge in [0.1, 0.15) is 5.82 Å². The summed E-state index contributed by atoms with van der Waals surface area (Å²) >= 11 is 0. The van der Waals surface area contributed by atoms with E-state index in [-0.39, 0.29) is 0 Å². The van der Waals surface area contributed by atoms with Crippen LogP contribution in [0.4, 0.5) is 5.82 Å². The molecule has 2 aromatic rings. The Morgan fingerprint density at radius 3 is 2.61 bits per heavy atom. The molecule has 0 atom stereocenters. The highest BCUT2D eigenvalue weighted by atomic mass is 15.3. The molecular formula is C15H19N3. The lowest BCUT2D eigenvalue weighted by molar-refractivity contribution is 0.762. The Bertz CT molecular complexity index is 538. The zero-order valence-corrected chi connectivity index (χ0v) is 10.8. The van der Waals surface area contributed by atoms with Crippen molar-refractivity contribution in [1.82, 2.24) is 9.78 Å². The molecule has 0 bridgehead atoms. The van der Waals surface area contributed by atoms with Crippen molar-refractivity contribution in [2.45, 2.75) is 32.6 Å². The Hall–Kier alpha value is -1.77. The maximum Gasteiger partial charge on any atom is 0.130 e. The third-order valence-electron chi connectivity index (χ3n) is 3.64. The molecule has 3 rings (SSSR count). The maximum atomic E-state index is 6.24. The Morgan fingerprint density at radius 2 is 2.00 bits per heavy atom. The molecule has 1 fully saturated rings. The molecule has 1 saturated carbocycles. The van der Waals surface area contributed by atoms with Crippen molar-refractivity contribution in [2.75, 3.05) is 5.73 Å². The quantitative estimate of drug-likeness (QED) is 0.894. The highest BCUT2D eigenvalue weighted by Gasteiger charge is 2.25. The van der Waals surface area contributed by atoms with Crippen molar-refractivity contribution in [3.8, 4) is 5.69 Å². The van der Waals surface area contributed by atoms with Crippen LogP contribution in [-0.4, -0.2) is 9.78 Å². The number of nitrogens with zero attached hydrogens (tertiary/aromatic N) is 2. The summed E-state index contributed by atoms with van der Waals surface area (Å²) in [5.74, 6) is 1.65. The molecule has 18 heavy (non-hydrogen) atoms. The normalized spacial score (nSPS) is 14.9. The van der Waals surface area contributed by atoms with E-state index < -0.39 is 0 Å². The van der Waals surface area contributed by atoms with Gasteiger partial charge in [-0.1, -0.05) is 25.1 Å². The highest BCUT2D eigenvalue weighted by Crippen LogP contribution is 2.34. The van der Waals surface area contributed by atoms with Gasteiger partial charge in [0.2, 0.25) is 0 Å². The van der Waals surface area contributed by atoms with Gasteiger partial charge in [-0.25, -0.2) is 4.68 Å². The lowest BCUT2D eigenvalue weighted by Gasteiger charge is -2.03. The molecule has 0 aliphatic heterocycles. The van der Waals surface area contributed by atoms with E-state index in [1.54, 1.807) is 0 Å². The average molecular weight is 241 g/mol. The summed E-state index contributed by atoms with van der Waals surface area (Å²) < 4.78 is 1.89. The van der Waals surface area contributed by atoms with E-state index in [9.17, 15) is 0 Å². The predicted octanol–water partition coefficient (Wildman–Crippen LogP) is 2.97. The molecule has 0 saturated heterocycles. The summed E-state index contributed by atoms with van der Waals surface area (Å²) in [4.78, 5) is 0. The van der Waals surface area contributed by atoms with Crippen LogP contribution in [0.2, 0.25) is 0 Å². The Labute approximate surface area is 108 Å². The first-order chi connectivity index (χ1) is 8.79. The minimum absolute atomic E-state index is 0.805. The fraction of sp³-hybridized carbons (Fsp3) is 0.400. The number of benzene rings is 1. The number of para-hydroxylation sites is 1. The molecular weight excluding hydrogens is 222 g/mol. The molecule has 1 aliphatic carbocycles. The lowest BCUT2D eigenvalue weighted by atomic mass is 10.1. The molecule has 0 radical (unpaired) electrons. The van der Waals surface area contributed by atoms with Crippen LogP contribution in [-0.2, 0) is 12.8 Å². The van der Waals surface area contributed by atoms with Crippen molar-refractivity contribution in [3.63, 3.8) is 0 Å². The molecule has 1 aromatic heterocycles. The fourth-order valence-electron chi connectivity index (χ4n) is 2.42. The van der Waals surface area contributed by atoms with Crippen molar-refractivity contribution in [1.29, 1.82) is 0 Å². The van der Waals surface area contributed by atoms with Crippen LogP contribution in [0.15, 0.2) is 30.3 Å². The minimum atomic E-state index is 0.805. The van der Waals surface area contributed by atoms with E-state index in [0.29, 0.717) is 0 Å². The molecule has 94 valence electrons. The average Bonchev–Trinajstić information content (AvgIpc) is 3.15. The molecule has 1 aromatic carbocycles. The van der Waals surface area contributed by atoms with Crippen LogP contribution in [0.3, 0.4) is 0 Å². The van der Waals surface area contributed by atoms with Gasteiger partial charge in [-0.2, -0.15) is 5.10 Å². The van der Waals surface area contributed by atoms with Gasteiger partial charge in [-0.15, -0.1) is 0 Å². The van der Waals surface area contributed by atoms with E-state index in [4.69, 9.17) is 10.8 Å². The second-order valence-electron chi connectivity index (χ2n) is 5.06. The highest BCUT2D eigenvalue weighted by molar-refractivity contribution is 5.50. The summed E-state index contributed by atoms with van der Waals surface area (Å²) in [6.45, 7) is 2.15. The van der Waals surface area contributed by atoms with E-state index in [1.807, 2.05) is 35.0 Å². The van der Waals surface area contributed by atoms with Gasteiger partial charge < -0.3 is 5.73 Å². The van der Waals surface area contributed by atoms with E-state index in [0.717, 1.165) is 30.3 Å². The molecule has 1 heterocycles. The van der Waals surface area contributed by atoms with Crippen molar-refractivity contribution >= 4 is 5.82 Å². The Balaban J connectivity index is 2.01. The Morgan fingerprint density at radius 1 is 1.28 bits per heavy atom. The van der Waals surface area contributed by atoms with E-state index in [2.05, 4.69) is 6.92 Å². The summed E-state index contributed by atoms with van der Waals surface area (Å²) in [7, 11) is 0. The standard InChI is InChI=1S/C15H19N3/c1-2-13-14(10-11-8-9-11)17-18(15(13)16)12-6-4-3-5-7-12/h3-7,11H,2,8-10,16H2,1H3. The number of hydrogen-bond acceptors (Lipinski definition) is 2. The maximum absolute atomic E-state index is 6.24. The van der Waals surface area contributed by atoms with E-state index >= 15 is 0 Å². The van der Waals surface area contributed by atoms with Crippen LogP contribution in [0.1, 0.15) is 31.0 Å². The largest absolute Gasteiger partial charge is 0.383 e. The SMILES string of the molecule is CCc1c(CC2CC2)nn(-c2ccccc2)c1N. The third-order valence-corrected chi connectivity index (χ3v) is 3.64. The van der Waals surface area contributed by atoms with Crippen LogP contribution in [0.5, 0.6) is 0 Å². The smallest absolute Gasteiger partial charge is 0.130 e. The monoisotopic (exact) mass is 241 g/mol. The van der Waals surface area contributed by atoms with E-state index in [1.165, 1.54) is 24.1 Å². The molecule has 0 amide bonds. The number of nitrogen functional groups attached to an aromatic ring is 1. The molecule has 2 N–H and O–H groups in total. The zero-order valence-electron chi connectivity index (χ0n) is 10.8. The van der Waals surface area contributed by atoms with Gasteiger partial charge in [0.05, 0.1) is 11.4 Å². The third kappa shape index (κ3) is 2.01. The first kappa shape index (κ1) is 11.3. The van der Waals surface area contributed by atoms with Crippen LogP contribution < -0.4 is 5.73 Å². The number of hydrogen-bond donors (Lipinski definition) is 1. The first-order valence-corrected chi connectivity index (χ1v) is 6.71. The van der Waals surface area contributed by atoms with Crippen LogP contribution in [0, 0.1) is 5.92 Å². The van der Waals surface area contributed by atoms with Gasteiger partial charge >= 0.3 is 0 Å². The summed E-state index contributed by atoms with van der Waals surface area (Å²) in [5, 5.41) is 4.72. The molecule has 0 spiro atoms. The minimum Gasteiger partial charge on any atom is -0.383 e.